The van der Waals surface area contributed by atoms with E-state index in [9.17, 15) is 9.59 Å². The van der Waals surface area contributed by atoms with Crippen molar-refractivity contribution in [2.75, 3.05) is 6.54 Å². The maximum atomic E-state index is 11.7. The maximum absolute atomic E-state index is 11.7. The van der Waals surface area contributed by atoms with Crippen LogP contribution in [-0.2, 0) is 22.6 Å². The first-order valence-electron chi connectivity index (χ1n) is 6.84. The molecule has 0 fully saturated rings. The van der Waals surface area contributed by atoms with Crippen molar-refractivity contribution in [3.63, 3.8) is 0 Å². The van der Waals surface area contributed by atoms with Gasteiger partial charge in [-0.3, -0.25) is 14.6 Å². The van der Waals surface area contributed by atoms with Gasteiger partial charge in [-0.2, -0.15) is 0 Å². The average Bonchev–Trinajstić information content (AvgIpc) is 2.53. The zero-order valence-corrected chi connectivity index (χ0v) is 12.6. The highest BCUT2D eigenvalue weighted by atomic mass is 35.5. The third-order valence-corrected chi connectivity index (χ3v) is 3.23. The van der Waals surface area contributed by atoms with E-state index in [2.05, 4.69) is 15.6 Å². The molecular weight excluding hydrogens is 302 g/mol. The summed E-state index contributed by atoms with van der Waals surface area (Å²) in [5.41, 5.74) is 1.89. The summed E-state index contributed by atoms with van der Waals surface area (Å²) in [6.45, 7) is 0.672. The standard InChI is InChI=1S/C16H16ClN3O2/c17-14-3-1-2-12(10-14)6-9-19-15(21)16(22)20-11-13-4-7-18-8-5-13/h1-5,7-8,10H,6,9,11H2,(H,19,21)(H,20,22). The van der Waals surface area contributed by atoms with Crippen LogP contribution < -0.4 is 10.6 Å². The van der Waals surface area contributed by atoms with Gasteiger partial charge in [-0.15, -0.1) is 0 Å². The van der Waals surface area contributed by atoms with Crippen molar-refractivity contribution in [1.29, 1.82) is 0 Å². The zero-order valence-electron chi connectivity index (χ0n) is 11.9. The molecule has 1 heterocycles. The second kappa shape index (κ2) is 8.14. The lowest BCUT2D eigenvalue weighted by atomic mass is 10.1. The summed E-state index contributed by atoms with van der Waals surface area (Å²) in [7, 11) is 0. The number of rotatable bonds is 5. The molecule has 22 heavy (non-hydrogen) atoms. The first-order chi connectivity index (χ1) is 10.6. The van der Waals surface area contributed by atoms with Gasteiger partial charge in [0.1, 0.15) is 0 Å². The zero-order chi connectivity index (χ0) is 15.8. The molecule has 5 nitrogen and oxygen atoms in total. The monoisotopic (exact) mass is 317 g/mol. The molecule has 1 aromatic carbocycles. The van der Waals surface area contributed by atoms with E-state index in [0.29, 0.717) is 24.5 Å². The van der Waals surface area contributed by atoms with Crippen LogP contribution in [0.1, 0.15) is 11.1 Å². The van der Waals surface area contributed by atoms with Gasteiger partial charge >= 0.3 is 11.8 Å². The van der Waals surface area contributed by atoms with Gasteiger partial charge in [0.2, 0.25) is 0 Å². The van der Waals surface area contributed by atoms with Crippen molar-refractivity contribution in [3.05, 3.63) is 64.9 Å². The van der Waals surface area contributed by atoms with Crippen LogP contribution in [-0.4, -0.2) is 23.3 Å². The van der Waals surface area contributed by atoms with E-state index < -0.39 is 11.8 Å². The largest absolute Gasteiger partial charge is 0.348 e. The molecule has 0 saturated carbocycles. The topological polar surface area (TPSA) is 71.1 Å². The van der Waals surface area contributed by atoms with E-state index in [1.54, 1.807) is 30.6 Å². The summed E-state index contributed by atoms with van der Waals surface area (Å²) in [5.74, 6) is -1.29. The van der Waals surface area contributed by atoms with Crippen molar-refractivity contribution in [3.8, 4) is 0 Å². The van der Waals surface area contributed by atoms with Gasteiger partial charge in [0, 0.05) is 30.5 Å². The number of halogens is 1. The molecule has 2 N–H and O–H groups in total. The van der Waals surface area contributed by atoms with Crippen LogP contribution in [0.5, 0.6) is 0 Å². The van der Waals surface area contributed by atoms with Gasteiger partial charge < -0.3 is 10.6 Å². The molecular formula is C16H16ClN3O2. The van der Waals surface area contributed by atoms with Crippen LogP contribution in [0.25, 0.3) is 0 Å². The first-order valence-corrected chi connectivity index (χ1v) is 7.22. The van der Waals surface area contributed by atoms with Gasteiger partial charge in [0.25, 0.3) is 0 Å². The number of nitrogens with one attached hydrogen (secondary N) is 2. The Hall–Kier alpha value is -2.40. The Balaban J connectivity index is 1.71. The number of carbonyl (C=O) groups is 2. The van der Waals surface area contributed by atoms with Gasteiger partial charge in [-0.25, -0.2) is 0 Å². The molecule has 0 bridgehead atoms. The third-order valence-electron chi connectivity index (χ3n) is 3.00. The molecule has 0 spiro atoms. The van der Waals surface area contributed by atoms with E-state index in [-0.39, 0.29) is 0 Å². The number of hydrogen-bond acceptors (Lipinski definition) is 3. The van der Waals surface area contributed by atoms with Crippen molar-refractivity contribution in [1.82, 2.24) is 15.6 Å². The fourth-order valence-corrected chi connectivity index (χ4v) is 2.07. The lowest BCUT2D eigenvalue weighted by molar-refractivity contribution is -0.139. The Morgan fingerprint density at radius 1 is 1.00 bits per heavy atom. The predicted molar refractivity (Wildman–Crippen MR) is 84.2 cm³/mol. The number of amides is 2. The Morgan fingerprint density at radius 2 is 1.73 bits per heavy atom. The second-order valence-electron chi connectivity index (χ2n) is 4.67. The van der Waals surface area contributed by atoms with Crippen molar-refractivity contribution in [2.45, 2.75) is 13.0 Å². The van der Waals surface area contributed by atoms with E-state index in [1.807, 2.05) is 18.2 Å². The van der Waals surface area contributed by atoms with Crippen LogP contribution in [0.3, 0.4) is 0 Å². The van der Waals surface area contributed by atoms with Crippen LogP contribution in [0.15, 0.2) is 48.8 Å². The van der Waals surface area contributed by atoms with Crippen molar-refractivity contribution in [2.24, 2.45) is 0 Å². The van der Waals surface area contributed by atoms with Crippen molar-refractivity contribution >= 4 is 23.4 Å². The Kier molecular flexibility index (Phi) is 5.91. The molecule has 0 aliphatic heterocycles. The van der Waals surface area contributed by atoms with Gasteiger partial charge in [0.05, 0.1) is 0 Å². The lowest BCUT2D eigenvalue weighted by Crippen LogP contribution is -2.40. The number of nitrogens with zero attached hydrogens (tertiary/aromatic N) is 1. The molecule has 2 aromatic rings. The highest BCUT2D eigenvalue weighted by Crippen LogP contribution is 2.10. The minimum atomic E-state index is -0.650. The molecule has 0 unspecified atom stereocenters. The van der Waals surface area contributed by atoms with E-state index in [0.717, 1.165) is 11.1 Å². The minimum absolute atomic E-state index is 0.295. The normalized spacial score (nSPS) is 10.0. The smallest absolute Gasteiger partial charge is 0.309 e. The van der Waals surface area contributed by atoms with E-state index in [4.69, 9.17) is 11.6 Å². The second-order valence-corrected chi connectivity index (χ2v) is 5.11. The number of carbonyl (C=O) groups excluding carboxylic acids is 2. The summed E-state index contributed by atoms with van der Waals surface area (Å²) in [4.78, 5) is 27.2. The van der Waals surface area contributed by atoms with E-state index in [1.165, 1.54) is 0 Å². The van der Waals surface area contributed by atoms with Crippen LogP contribution in [0.4, 0.5) is 0 Å². The lowest BCUT2D eigenvalue weighted by Gasteiger charge is -2.07. The molecule has 114 valence electrons. The number of aromatic nitrogens is 1. The maximum Gasteiger partial charge on any atom is 0.309 e. The molecule has 0 atom stereocenters. The molecule has 1 aromatic heterocycles. The third kappa shape index (κ3) is 5.18. The fraction of sp³-hybridized carbons (Fsp3) is 0.188. The minimum Gasteiger partial charge on any atom is -0.348 e. The van der Waals surface area contributed by atoms with Crippen LogP contribution in [0.2, 0.25) is 5.02 Å². The van der Waals surface area contributed by atoms with Gasteiger partial charge in [-0.1, -0.05) is 23.7 Å². The number of pyridine rings is 1. The molecule has 2 amide bonds. The molecule has 6 heteroatoms. The SMILES string of the molecule is O=C(NCCc1cccc(Cl)c1)C(=O)NCc1ccncc1. The molecule has 0 saturated heterocycles. The summed E-state index contributed by atoms with van der Waals surface area (Å²) in [6, 6.07) is 10.9. The first kappa shape index (κ1) is 16.0. The number of benzene rings is 1. The Morgan fingerprint density at radius 3 is 2.45 bits per heavy atom. The fourth-order valence-electron chi connectivity index (χ4n) is 1.86. The van der Waals surface area contributed by atoms with Gasteiger partial charge in [-0.05, 0) is 41.8 Å². The molecule has 0 aliphatic rings. The highest BCUT2D eigenvalue weighted by Gasteiger charge is 2.12. The molecule has 0 aliphatic carbocycles. The summed E-state index contributed by atoms with van der Waals surface area (Å²) in [5, 5.41) is 5.79. The van der Waals surface area contributed by atoms with Gasteiger partial charge in [0.15, 0.2) is 0 Å². The molecule has 0 radical (unpaired) electrons. The van der Waals surface area contributed by atoms with Crippen LogP contribution in [0, 0.1) is 0 Å². The number of hydrogen-bond donors (Lipinski definition) is 2. The average molecular weight is 318 g/mol. The van der Waals surface area contributed by atoms with Crippen molar-refractivity contribution < 1.29 is 9.59 Å². The van der Waals surface area contributed by atoms with E-state index >= 15 is 0 Å². The summed E-state index contributed by atoms with van der Waals surface area (Å²) >= 11 is 5.88. The summed E-state index contributed by atoms with van der Waals surface area (Å²) in [6.07, 6.45) is 3.88. The summed E-state index contributed by atoms with van der Waals surface area (Å²) < 4.78 is 0. The Labute approximate surface area is 133 Å². The Bertz CT molecular complexity index is 647. The predicted octanol–water partition coefficient (Wildman–Crippen LogP) is 1.71. The highest BCUT2D eigenvalue weighted by molar-refractivity contribution is 6.35. The van der Waals surface area contributed by atoms with Crippen LogP contribution >= 0.6 is 11.6 Å². The quantitative estimate of drug-likeness (QED) is 0.825. The molecule has 2 rings (SSSR count).